The van der Waals surface area contributed by atoms with Gasteiger partial charge in [-0.2, -0.15) is 0 Å². The molecule has 0 heterocycles. The summed E-state index contributed by atoms with van der Waals surface area (Å²) in [5.74, 6) is 0.692. The van der Waals surface area contributed by atoms with Gasteiger partial charge < -0.3 is 10.6 Å². The van der Waals surface area contributed by atoms with Gasteiger partial charge in [0.15, 0.2) is 5.96 Å². The predicted molar refractivity (Wildman–Crippen MR) is 105 cm³/mol. The van der Waals surface area contributed by atoms with Gasteiger partial charge in [-0.05, 0) is 18.9 Å². The molecule has 0 saturated heterocycles. The number of unbranched alkanes of at least 4 members (excludes halogenated alkanes) is 3. The summed E-state index contributed by atoms with van der Waals surface area (Å²) in [6.45, 7) is 6.32. The van der Waals surface area contributed by atoms with Gasteiger partial charge in [0.1, 0.15) is 0 Å². The van der Waals surface area contributed by atoms with E-state index in [-0.39, 0.29) is 5.75 Å². The van der Waals surface area contributed by atoms with Crippen molar-refractivity contribution in [3.63, 3.8) is 0 Å². The minimum atomic E-state index is -3.32. The lowest BCUT2D eigenvalue weighted by Crippen LogP contribution is -2.41. The lowest BCUT2D eigenvalue weighted by molar-refractivity contribution is 0.580. The zero-order valence-electron chi connectivity index (χ0n) is 15.4. The van der Waals surface area contributed by atoms with Crippen LogP contribution >= 0.6 is 0 Å². The van der Waals surface area contributed by atoms with Crippen molar-refractivity contribution >= 4 is 16.0 Å². The first-order chi connectivity index (χ1) is 12.1. The molecule has 0 amide bonds. The number of aliphatic imine (C=N–C) groups is 1. The first-order valence-corrected chi connectivity index (χ1v) is 10.8. The fraction of sp³-hybridized carbons (Fsp3) is 0.611. The number of nitrogens with zero attached hydrogens (tertiary/aromatic N) is 1. The molecule has 1 rings (SSSR count). The Hall–Kier alpha value is -1.60. The Morgan fingerprint density at radius 3 is 2.48 bits per heavy atom. The summed E-state index contributed by atoms with van der Waals surface area (Å²) in [5, 5.41) is 6.23. The van der Waals surface area contributed by atoms with Crippen molar-refractivity contribution in [1.82, 2.24) is 15.4 Å². The first-order valence-electron chi connectivity index (χ1n) is 9.11. The van der Waals surface area contributed by atoms with Crippen molar-refractivity contribution in [3.05, 3.63) is 35.9 Å². The molecular formula is C18H32N4O2S. The van der Waals surface area contributed by atoms with Gasteiger partial charge in [-0.15, -0.1) is 0 Å². The SMILES string of the molecule is CCCCCCN=C(NCC)NCCS(=O)(=O)NCc1ccccc1. The third kappa shape index (κ3) is 10.8. The molecule has 0 saturated carbocycles. The molecule has 6 nitrogen and oxygen atoms in total. The summed E-state index contributed by atoms with van der Waals surface area (Å²) in [5.41, 5.74) is 0.945. The second-order valence-corrected chi connectivity index (χ2v) is 7.80. The molecule has 0 radical (unpaired) electrons. The summed E-state index contributed by atoms with van der Waals surface area (Å²) >= 11 is 0. The molecule has 0 atom stereocenters. The molecule has 0 spiro atoms. The maximum Gasteiger partial charge on any atom is 0.213 e. The molecular weight excluding hydrogens is 336 g/mol. The van der Waals surface area contributed by atoms with E-state index in [0.29, 0.717) is 19.0 Å². The van der Waals surface area contributed by atoms with Crippen LogP contribution in [0.15, 0.2) is 35.3 Å². The number of hydrogen-bond acceptors (Lipinski definition) is 3. The van der Waals surface area contributed by atoms with Gasteiger partial charge in [-0.25, -0.2) is 13.1 Å². The van der Waals surface area contributed by atoms with Crippen LogP contribution in [0.2, 0.25) is 0 Å². The fourth-order valence-corrected chi connectivity index (χ4v) is 3.14. The molecule has 3 N–H and O–H groups in total. The topological polar surface area (TPSA) is 82.6 Å². The molecule has 0 bridgehead atoms. The lowest BCUT2D eigenvalue weighted by atomic mass is 10.2. The molecule has 0 aliphatic rings. The highest BCUT2D eigenvalue weighted by atomic mass is 32.2. The monoisotopic (exact) mass is 368 g/mol. The second-order valence-electron chi connectivity index (χ2n) is 5.87. The number of hydrogen-bond donors (Lipinski definition) is 3. The van der Waals surface area contributed by atoms with Crippen LogP contribution in [0.25, 0.3) is 0 Å². The van der Waals surface area contributed by atoms with Crippen molar-refractivity contribution < 1.29 is 8.42 Å². The largest absolute Gasteiger partial charge is 0.357 e. The van der Waals surface area contributed by atoms with Crippen molar-refractivity contribution in [1.29, 1.82) is 0 Å². The molecule has 0 unspecified atom stereocenters. The fourth-order valence-electron chi connectivity index (χ4n) is 2.24. The smallest absolute Gasteiger partial charge is 0.213 e. The minimum absolute atomic E-state index is 0.0140. The van der Waals surface area contributed by atoms with Crippen molar-refractivity contribution in [2.45, 2.75) is 46.1 Å². The summed E-state index contributed by atoms with van der Waals surface area (Å²) in [6.07, 6.45) is 4.67. The van der Waals surface area contributed by atoms with E-state index in [0.717, 1.165) is 25.1 Å². The summed E-state index contributed by atoms with van der Waals surface area (Å²) in [6, 6.07) is 9.49. The Balaban J connectivity index is 2.33. The quantitative estimate of drug-likeness (QED) is 0.300. The number of sulfonamides is 1. The van der Waals surface area contributed by atoms with Crippen LogP contribution in [0, 0.1) is 0 Å². The number of guanidine groups is 1. The van der Waals surface area contributed by atoms with Gasteiger partial charge in [-0.3, -0.25) is 4.99 Å². The van der Waals surface area contributed by atoms with Gasteiger partial charge in [0.2, 0.25) is 10.0 Å². The average molecular weight is 369 g/mol. The van der Waals surface area contributed by atoms with E-state index in [4.69, 9.17) is 0 Å². The predicted octanol–water partition coefficient (Wildman–Crippen LogP) is 2.24. The Labute approximate surface area is 152 Å². The number of rotatable bonds is 12. The highest BCUT2D eigenvalue weighted by Gasteiger charge is 2.10. The minimum Gasteiger partial charge on any atom is -0.357 e. The van der Waals surface area contributed by atoms with Gasteiger partial charge in [0, 0.05) is 26.2 Å². The molecule has 142 valence electrons. The average Bonchev–Trinajstić information content (AvgIpc) is 2.60. The van der Waals surface area contributed by atoms with E-state index in [2.05, 4.69) is 27.3 Å². The number of benzene rings is 1. The highest BCUT2D eigenvalue weighted by Crippen LogP contribution is 1.99. The van der Waals surface area contributed by atoms with Gasteiger partial charge in [0.05, 0.1) is 5.75 Å². The van der Waals surface area contributed by atoms with Crippen LogP contribution < -0.4 is 15.4 Å². The summed E-state index contributed by atoms with van der Waals surface area (Å²) in [7, 11) is -3.32. The van der Waals surface area contributed by atoms with Crippen molar-refractivity contribution in [3.8, 4) is 0 Å². The molecule has 7 heteroatoms. The molecule has 0 aromatic heterocycles. The van der Waals surface area contributed by atoms with E-state index >= 15 is 0 Å². The van der Waals surface area contributed by atoms with Crippen LogP contribution in [0.4, 0.5) is 0 Å². The first kappa shape index (κ1) is 21.4. The van der Waals surface area contributed by atoms with Gasteiger partial charge in [0.25, 0.3) is 0 Å². The Bertz CT molecular complexity index is 588. The molecule has 1 aromatic carbocycles. The molecule has 0 aliphatic heterocycles. The van der Waals surface area contributed by atoms with E-state index in [1.807, 2.05) is 37.3 Å². The van der Waals surface area contributed by atoms with Crippen molar-refractivity contribution in [2.75, 3.05) is 25.4 Å². The third-order valence-electron chi connectivity index (χ3n) is 3.63. The highest BCUT2D eigenvalue weighted by molar-refractivity contribution is 7.89. The standard InChI is InChI=1S/C18H32N4O2S/c1-3-5-6-10-13-20-18(19-4-2)21-14-15-25(23,24)22-16-17-11-8-7-9-12-17/h7-9,11-12,22H,3-6,10,13-16H2,1-2H3,(H2,19,20,21). The van der Waals surface area contributed by atoms with Crippen LogP contribution in [-0.4, -0.2) is 39.8 Å². The molecule has 0 fully saturated rings. The zero-order valence-corrected chi connectivity index (χ0v) is 16.2. The van der Waals surface area contributed by atoms with Gasteiger partial charge in [-0.1, -0.05) is 56.5 Å². The van der Waals surface area contributed by atoms with E-state index in [1.54, 1.807) is 0 Å². The zero-order chi connectivity index (χ0) is 18.4. The van der Waals surface area contributed by atoms with E-state index < -0.39 is 10.0 Å². The normalized spacial score (nSPS) is 12.2. The Morgan fingerprint density at radius 2 is 1.80 bits per heavy atom. The van der Waals surface area contributed by atoms with Crippen LogP contribution in [0.3, 0.4) is 0 Å². The van der Waals surface area contributed by atoms with Crippen molar-refractivity contribution in [2.24, 2.45) is 4.99 Å². The molecule has 25 heavy (non-hydrogen) atoms. The maximum atomic E-state index is 12.1. The molecule has 0 aliphatic carbocycles. The Kier molecular flexibility index (Phi) is 10.9. The maximum absolute atomic E-state index is 12.1. The van der Waals surface area contributed by atoms with E-state index in [1.165, 1.54) is 19.3 Å². The third-order valence-corrected chi connectivity index (χ3v) is 4.95. The summed E-state index contributed by atoms with van der Waals surface area (Å²) < 4.78 is 26.7. The van der Waals surface area contributed by atoms with Crippen LogP contribution in [0.5, 0.6) is 0 Å². The number of nitrogens with one attached hydrogen (secondary N) is 3. The second kappa shape index (κ2) is 12.7. The van der Waals surface area contributed by atoms with Gasteiger partial charge >= 0.3 is 0 Å². The van der Waals surface area contributed by atoms with E-state index in [9.17, 15) is 8.42 Å². The summed E-state index contributed by atoms with van der Waals surface area (Å²) in [4.78, 5) is 4.48. The van der Waals surface area contributed by atoms with Crippen LogP contribution in [0.1, 0.15) is 45.1 Å². The van der Waals surface area contributed by atoms with Crippen LogP contribution in [-0.2, 0) is 16.6 Å². The Morgan fingerprint density at radius 1 is 1.04 bits per heavy atom. The molecule has 1 aromatic rings. The lowest BCUT2D eigenvalue weighted by Gasteiger charge is -2.12.